The van der Waals surface area contributed by atoms with Crippen LogP contribution in [0.3, 0.4) is 0 Å². The number of carbonyl (C=O) groups is 2. The largest absolute Gasteiger partial charge is 0.340 e. The number of anilines is 1. The van der Waals surface area contributed by atoms with Crippen molar-refractivity contribution in [1.29, 1.82) is 0 Å². The Labute approximate surface area is 150 Å². The van der Waals surface area contributed by atoms with Crippen LogP contribution in [0, 0.1) is 0 Å². The van der Waals surface area contributed by atoms with Gasteiger partial charge in [-0.25, -0.2) is 0 Å². The summed E-state index contributed by atoms with van der Waals surface area (Å²) in [5, 5.41) is 3.42. The van der Waals surface area contributed by atoms with Gasteiger partial charge in [-0.1, -0.05) is 41.4 Å². The Morgan fingerprint density at radius 3 is 2.67 bits per heavy atom. The lowest BCUT2D eigenvalue weighted by atomic mass is 10.1. The second-order valence-corrected chi connectivity index (χ2v) is 6.53. The summed E-state index contributed by atoms with van der Waals surface area (Å²) in [6.45, 7) is 2.30. The molecule has 0 saturated carbocycles. The first-order valence-electron chi connectivity index (χ1n) is 7.62. The first-order valence-corrected chi connectivity index (χ1v) is 8.38. The highest BCUT2D eigenvalue weighted by Crippen LogP contribution is 2.28. The van der Waals surface area contributed by atoms with Crippen molar-refractivity contribution in [2.75, 3.05) is 11.4 Å². The van der Waals surface area contributed by atoms with Gasteiger partial charge in [0, 0.05) is 17.3 Å². The van der Waals surface area contributed by atoms with E-state index in [1.165, 1.54) is 6.07 Å². The van der Waals surface area contributed by atoms with E-state index in [9.17, 15) is 9.59 Å². The first kappa shape index (κ1) is 16.8. The highest BCUT2D eigenvalue weighted by atomic mass is 35.5. The fourth-order valence-electron chi connectivity index (χ4n) is 2.81. The molecule has 0 aromatic heterocycles. The Bertz CT molecular complexity index is 807. The van der Waals surface area contributed by atoms with E-state index >= 15 is 0 Å². The highest BCUT2D eigenvalue weighted by molar-refractivity contribution is 6.36. The predicted molar refractivity (Wildman–Crippen MR) is 95.9 cm³/mol. The lowest BCUT2D eigenvalue weighted by molar-refractivity contribution is -0.119. The Morgan fingerprint density at radius 1 is 1.17 bits per heavy atom. The van der Waals surface area contributed by atoms with Gasteiger partial charge in [-0.15, -0.1) is 0 Å². The van der Waals surface area contributed by atoms with Crippen LogP contribution in [-0.2, 0) is 11.2 Å². The molecule has 0 bridgehead atoms. The van der Waals surface area contributed by atoms with Crippen molar-refractivity contribution in [3.63, 3.8) is 0 Å². The van der Waals surface area contributed by atoms with E-state index < -0.39 is 11.9 Å². The smallest absolute Gasteiger partial charge is 0.253 e. The molecule has 1 aliphatic heterocycles. The number of rotatable bonds is 3. The highest BCUT2D eigenvalue weighted by Gasteiger charge is 2.28. The second kappa shape index (κ2) is 6.83. The number of hydrogen-bond donors (Lipinski definition) is 1. The van der Waals surface area contributed by atoms with E-state index in [1.807, 2.05) is 24.3 Å². The Kier molecular flexibility index (Phi) is 4.78. The maximum Gasteiger partial charge on any atom is 0.253 e. The lowest BCUT2D eigenvalue weighted by Crippen LogP contribution is -2.46. The van der Waals surface area contributed by atoms with Gasteiger partial charge in [0.2, 0.25) is 5.91 Å². The molecule has 124 valence electrons. The number of hydrogen-bond acceptors (Lipinski definition) is 2. The van der Waals surface area contributed by atoms with Crippen molar-refractivity contribution in [2.24, 2.45) is 0 Å². The molecule has 0 aliphatic carbocycles. The van der Waals surface area contributed by atoms with E-state index in [1.54, 1.807) is 24.0 Å². The fraction of sp³-hybridized carbons (Fsp3) is 0.222. The molecule has 0 fully saturated rings. The molecule has 4 nitrogen and oxygen atoms in total. The third kappa shape index (κ3) is 3.25. The van der Waals surface area contributed by atoms with Crippen molar-refractivity contribution in [3.8, 4) is 0 Å². The molecule has 2 aromatic carbocycles. The van der Waals surface area contributed by atoms with Gasteiger partial charge in [-0.05, 0) is 43.2 Å². The number of benzene rings is 2. The number of halogens is 2. The SMILES string of the molecule is C[C@@H](NC(=O)c1ccc(Cl)cc1Cl)C(=O)N1CCc2ccccc21. The standard InChI is InChI=1S/C18H16Cl2N2O2/c1-11(21-17(23)14-7-6-13(19)10-15(14)20)18(24)22-9-8-12-4-2-3-5-16(12)22/h2-7,10-11H,8-9H2,1H3,(H,21,23)/t11-/m1/s1. The molecule has 1 N–H and O–H groups in total. The number of carbonyl (C=O) groups excluding carboxylic acids is 2. The van der Waals surface area contributed by atoms with E-state index in [2.05, 4.69) is 5.32 Å². The van der Waals surface area contributed by atoms with Gasteiger partial charge in [0.25, 0.3) is 5.91 Å². The third-order valence-electron chi connectivity index (χ3n) is 4.05. The second-order valence-electron chi connectivity index (χ2n) is 5.69. The zero-order valence-corrected chi connectivity index (χ0v) is 14.6. The first-order chi connectivity index (χ1) is 11.5. The molecule has 1 atom stereocenters. The summed E-state index contributed by atoms with van der Waals surface area (Å²) in [7, 11) is 0. The normalized spacial score (nSPS) is 14.2. The van der Waals surface area contributed by atoms with Crippen LogP contribution >= 0.6 is 23.2 Å². The van der Waals surface area contributed by atoms with Crippen LogP contribution in [0.2, 0.25) is 10.0 Å². The molecule has 2 aromatic rings. The lowest BCUT2D eigenvalue weighted by Gasteiger charge is -2.22. The number of para-hydroxylation sites is 1. The molecule has 3 rings (SSSR count). The zero-order chi connectivity index (χ0) is 17.3. The molecule has 24 heavy (non-hydrogen) atoms. The van der Waals surface area contributed by atoms with Crippen LogP contribution in [0.4, 0.5) is 5.69 Å². The average Bonchev–Trinajstić information content (AvgIpc) is 2.97. The third-order valence-corrected chi connectivity index (χ3v) is 4.59. The van der Waals surface area contributed by atoms with Gasteiger partial charge in [-0.3, -0.25) is 9.59 Å². The quantitative estimate of drug-likeness (QED) is 0.904. The van der Waals surface area contributed by atoms with Crippen molar-refractivity contribution in [2.45, 2.75) is 19.4 Å². The fourth-order valence-corrected chi connectivity index (χ4v) is 3.30. The maximum absolute atomic E-state index is 12.7. The summed E-state index contributed by atoms with van der Waals surface area (Å²) in [4.78, 5) is 26.7. The van der Waals surface area contributed by atoms with Gasteiger partial charge in [0.1, 0.15) is 6.04 Å². The Balaban J connectivity index is 1.72. The summed E-state index contributed by atoms with van der Waals surface area (Å²) in [5.74, 6) is -0.539. The van der Waals surface area contributed by atoms with Gasteiger partial charge in [-0.2, -0.15) is 0 Å². The van der Waals surface area contributed by atoms with Crippen LogP contribution in [0.5, 0.6) is 0 Å². The monoisotopic (exact) mass is 362 g/mol. The van der Waals surface area contributed by atoms with Gasteiger partial charge >= 0.3 is 0 Å². The minimum Gasteiger partial charge on any atom is -0.340 e. The van der Waals surface area contributed by atoms with Crippen molar-refractivity contribution >= 4 is 40.7 Å². The van der Waals surface area contributed by atoms with Gasteiger partial charge < -0.3 is 10.2 Å². The molecular formula is C18H16Cl2N2O2. The predicted octanol–water partition coefficient (Wildman–Crippen LogP) is 3.70. The molecule has 0 radical (unpaired) electrons. The van der Waals surface area contributed by atoms with E-state index in [4.69, 9.17) is 23.2 Å². The average molecular weight is 363 g/mol. The van der Waals surface area contributed by atoms with Crippen molar-refractivity contribution < 1.29 is 9.59 Å². The number of fused-ring (bicyclic) bond motifs is 1. The number of nitrogens with one attached hydrogen (secondary N) is 1. The minimum absolute atomic E-state index is 0.140. The van der Waals surface area contributed by atoms with Gasteiger partial charge in [0.05, 0.1) is 10.6 Å². The van der Waals surface area contributed by atoms with Crippen molar-refractivity contribution in [1.82, 2.24) is 5.32 Å². The van der Waals surface area contributed by atoms with E-state index in [-0.39, 0.29) is 10.9 Å². The molecule has 0 spiro atoms. The maximum atomic E-state index is 12.7. The molecule has 0 unspecified atom stereocenters. The molecule has 0 saturated heterocycles. The van der Waals surface area contributed by atoms with E-state index in [0.717, 1.165) is 17.7 Å². The number of amides is 2. The van der Waals surface area contributed by atoms with Gasteiger partial charge in [0.15, 0.2) is 0 Å². The minimum atomic E-state index is -0.657. The van der Waals surface area contributed by atoms with Crippen LogP contribution in [0.1, 0.15) is 22.8 Å². The summed E-state index contributed by atoms with van der Waals surface area (Å²) in [5.41, 5.74) is 2.35. The summed E-state index contributed by atoms with van der Waals surface area (Å²) in [6, 6.07) is 11.8. The molecular weight excluding hydrogens is 347 g/mol. The molecule has 1 heterocycles. The summed E-state index contributed by atoms with van der Waals surface area (Å²) in [6.07, 6.45) is 0.825. The van der Waals surface area contributed by atoms with Crippen LogP contribution in [0.25, 0.3) is 0 Å². The van der Waals surface area contributed by atoms with E-state index in [0.29, 0.717) is 17.1 Å². The molecule has 6 heteroatoms. The zero-order valence-electron chi connectivity index (χ0n) is 13.1. The number of nitrogens with zero attached hydrogens (tertiary/aromatic N) is 1. The Morgan fingerprint density at radius 2 is 1.92 bits per heavy atom. The summed E-state index contributed by atoms with van der Waals surface area (Å²) >= 11 is 11.9. The molecule has 2 amide bonds. The van der Waals surface area contributed by atoms with Crippen molar-refractivity contribution in [3.05, 3.63) is 63.6 Å². The topological polar surface area (TPSA) is 49.4 Å². The van der Waals surface area contributed by atoms with Crippen LogP contribution < -0.4 is 10.2 Å². The molecule has 1 aliphatic rings. The van der Waals surface area contributed by atoms with Crippen LogP contribution in [0.15, 0.2) is 42.5 Å². The Hall–Kier alpha value is -2.04. The van der Waals surface area contributed by atoms with Crippen LogP contribution in [-0.4, -0.2) is 24.4 Å². The summed E-state index contributed by atoms with van der Waals surface area (Å²) < 4.78 is 0.